The number of hydrogen-bond donors (Lipinski definition) is 2. The molecule has 33 heavy (non-hydrogen) atoms. The summed E-state index contributed by atoms with van der Waals surface area (Å²) in [5, 5.41) is 14.5. The Morgan fingerprint density at radius 2 is 1.73 bits per heavy atom. The Bertz CT molecular complexity index is 910. The summed E-state index contributed by atoms with van der Waals surface area (Å²) in [6.45, 7) is 4.32. The Morgan fingerprint density at radius 1 is 1.00 bits per heavy atom. The van der Waals surface area contributed by atoms with Crippen LogP contribution < -0.4 is 15.0 Å². The van der Waals surface area contributed by atoms with E-state index in [-0.39, 0.29) is 17.9 Å². The zero-order valence-corrected chi connectivity index (χ0v) is 19.2. The smallest absolute Gasteiger partial charge is 0.225 e. The van der Waals surface area contributed by atoms with Gasteiger partial charge in [-0.15, -0.1) is 0 Å². The van der Waals surface area contributed by atoms with Gasteiger partial charge in [0, 0.05) is 25.3 Å². The van der Waals surface area contributed by atoms with Gasteiger partial charge in [-0.25, -0.2) is 0 Å². The second-order valence-electron chi connectivity index (χ2n) is 9.72. The van der Waals surface area contributed by atoms with E-state index < -0.39 is 6.10 Å². The SMILES string of the molecule is O=C(N[C@H](CN1CCCC1)[C@H](O)c1ccc(OC2CC2)cc1)C1CCN(c2ccccc2)C1. The van der Waals surface area contributed by atoms with E-state index in [9.17, 15) is 9.90 Å². The van der Waals surface area contributed by atoms with E-state index in [1.54, 1.807) is 0 Å². The molecule has 0 spiro atoms. The predicted molar refractivity (Wildman–Crippen MR) is 129 cm³/mol. The zero-order valence-electron chi connectivity index (χ0n) is 19.2. The van der Waals surface area contributed by atoms with Crippen molar-refractivity contribution in [3.05, 3.63) is 60.2 Å². The molecule has 2 aromatic carbocycles. The maximum absolute atomic E-state index is 13.2. The van der Waals surface area contributed by atoms with E-state index in [0.29, 0.717) is 12.6 Å². The maximum atomic E-state index is 13.2. The van der Waals surface area contributed by atoms with Gasteiger partial charge in [-0.3, -0.25) is 4.79 Å². The molecule has 2 N–H and O–H groups in total. The molecular formula is C27H35N3O3. The van der Waals surface area contributed by atoms with Crippen molar-refractivity contribution in [2.24, 2.45) is 5.92 Å². The van der Waals surface area contributed by atoms with Crippen LogP contribution >= 0.6 is 0 Å². The van der Waals surface area contributed by atoms with E-state index in [4.69, 9.17) is 4.74 Å². The molecule has 0 radical (unpaired) electrons. The Kier molecular flexibility index (Phi) is 6.83. The molecule has 6 heteroatoms. The number of hydrogen-bond acceptors (Lipinski definition) is 5. The van der Waals surface area contributed by atoms with E-state index in [1.807, 2.05) is 42.5 Å². The van der Waals surface area contributed by atoms with Crippen LogP contribution in [0.4, 0.5) is 5.69 Å². The Balaban J connectivity index is 1.24. The van der Waals surface area contributed by atoms with Crippen LogP contribution in [-0.2, 0) is 4.79 Å². The molecule has 3 atom stereocenters. The number of ether oxygens (including phenoxy) is 1. The minimum absolute atomic E-state index is 0.0466. The molecule has 2 heterocycles. The van der Waals surface area contributed by atoms with Crippen molar-refractivity contribution >= 4 is 11.6 Å². The van der Waals surface area contributed by atoms with Crippen LogP contribution in [0.1, 0.15) is 43.8 Å². The summed E-state index contributed by atoms with van der Waals surface area (Å²) in [4.78, 5) is 17.9. The first-order chi connectivity index (χ1) is 16.2. The largest absolute Gasteiger partial charge is 0.490 e. The lowest BCUT2D eigenvalue weighted by Crippen LogP contribution is -2.48. The van der Waals surface area contributed by atoms with Gasteiger partial charge in [0.1, 0.15) is 11.9 Å². The normalized spacial score (nSPS) is 22.8. The van der Waals surface area contributed by atoms with Gasteiger partial charge in [0.25, 0.3) is 0 Å². The summed E-state index contributed by atoms with van der Waals surface area (Å²) >= 11 is 0. The molecule has 3 fully saturated rings. The van der Waals surface area contributed by atoms with Crippen molar-refractivity contribution in [2.75, 3.05) is 37.6 Å². The summed E-state index contributed by atoms with van der Waals surface area (Å²) in [5.74, 6) is 0.832. The number of nitrogens with zero attached hydrogens (tertiary/aromatic N) is 2. The first-order valence-electron chi connectivity index (χ1n) is 12.4. The molecule has 3 aliphatic rings. The number of para-hydroxylation sites is 1. The van der Waals surface area contributed by atoms with E-state index >= 15 is 0 Å². The molecule has 5 rings (SSSR count). The van der Waals surface area contributed by atoms with Crippen LogP contribution in [0, 0.1) is 5.92 Å². The third kappa shape index (κ3) is 5.68. The lowest BCUT2D eigenvalue weighted by Gasteiger charge is -2.30. The van der Waals surface area contributed by atoms with E-state index in [0.717, 1.165) is 62.4 Å². The summed E-state index contributed by atoms with van der Waals surface area (Å²) < 4.78 is 5.84. The Hall–Kier alpha value is -2.57. The monoisotopic (exact) mass is 449 g/mol. The van der Waals surface area contributed by atoms with Gasteiger partial charge in [-0.2, -0.15) is 0 Å². The molecule has 2 aliphatic heterocycles. The summed E-state index contributed by atoms with van der Waals surface area (Å²) in [5.41, 5.74) is 1.98. The van der Waals surface area contributed by atoms with Crippen LogP contribution in [0.5, 0.6) is 5.75 Å². The van der Waals surface area contributed by atoms with Gasteiger partial charge in [0.05, 0.1) is 18.1 Å². The van der Waals surface area contributed by atoms with Crippen LogP contribution in [0.3, 0.4) is 0 Å². The van der Waals surface area contributed by atoms with Crippen molar-refractivity contribution < 1.29 is 14.6 Å². The second-order valence-corrected chi connectivity index (χ2v) is 9.72. The molecule has 0 aromatic heterocycles. The minimum Gasteiger partial charge on any atom is -0.490 e. The third-order valence-corrected chi connectivity index (χ3v) is 7.09. The predicted octanol–water partition coefficient (Wildman–Crippen LogP) is 3.37. The number of anilines is 1. The van der Waals surface area contributed by atoms with Gasteiger partial charge in [0.15, 0.2) is 0 Å². The van der Waals surface area contributed by atoms with Crippen LogP contribution in [-0.4, -0.2) is 60.8 Å². The fraction of sp³-hybridized carbons (Fsp3) is 0.519. The third-order valence-electron chi connectivity index (χ3n) is 7.09. The lowest BCUT2D eigenvalue weighted by molar-refractivity contribution is -0.126. The van der Waals surface area contributed by atoms with Crippen molar-refractivity contribution in [1.29, 1.82) is 0 Å². The first-order valence-corrected chi connectivity index (χ1v) is 12.4. The van der Waals surface area contributed by atoms with Crippen LogP contribution in [0.15, 0.2) is 54.6 Å². The highest BCUT2D eigenvalue weighted by Gasteiger charge is 2.33. The van der Waals surface area contributed by atoms with Gasteiger partial charge < -0.3 is 25.0 Å². The molecule has 1 unspecified atom stereocenters. The molecule has 2 aromatic rings. The quantitative estimate of drug-likeness (QED) is 0.615. The van der Waals surface area contributed by atoms with E-state index in [1.165, 1.54) is 12.8 Å². The molecule has 1 saturated carbocycles. The molecule has 1 aliphatic carbocycles. The first kappa shape index (κ1) is 22.2. The van der Waals surface area contributed by atoms with Gasteiger partial charge in [0.2, 0.25) is 5.91 Å². The summed E-state index contributed by atoms with van der Waals surface area (Å²) in [7, 11) is 0. The second kappa shape index (κ2) is 10.1. The van der Waals surface area contributed by atoms with Gasteiger partial charge >= 0.3 is 0 Å². The molecule has 0 bridgehead atoms. The molecular weight excluding hydrogens is 414 g/mol. The number of aliphatic hydroxyl groups excluding tert-OH is 1. The lowest BCUT2D eigenvalue weighted by atomic mass is 10.00. The molecule has 1 amide bonds. The number of amides is 1. The van der Waals surface area contributed by atoms with Crippen molar-refractivity contribution in [1.82, 2.24) is 10.2 Å². The highest BCUT2D eigenvalue weighted by Crippen LogP contribution is 2.29. The summed E-state index contributed by atoms with van der Waals surface area (Å²) in [6, 6.07) is 17.7. The highest BCUT2D eigenvalue weighted by atomic mass is 16.5. The average Bonchev–Trinajstić information content (AvgIpc) is 3.29. The number of likely N-dealkylation sites (tertiary alicyclic amines) is 1. The number of rotatable bonds is 9. The highest BCUT2D eigenvalue weighted by molar-refractivity contribution is 5.80. The standard InChI is InChI=1S/C27H35N3O3/c31-26(20-8-10-23(11-9-20)33-24-12-13-24)25(19-29-15-4-5-16-29)28-27(32)21-14-17-30(18-21)22-6-2-1-3-7-22/h1-3,6-11,21,24-26,31H,4-5,12-19H2,(H,28,32)/t21?,25-,26-/m1/s1. The minimum atomic E-state index is -0.754. The fourth-order valence-corrected chi connectivity index (χ4v) is 4.97. The molecule has 176 valence electrons. The average molecular weight is 450 g/mol. The number of carbonyl (C=O) groups is 1. The van der Waals surface area contributed by atoms with Crippen LogP contribution in [0.25, 0.3) is 0 Å². The molecule has 2 saturated heterocycles. The summed E-state index contributed by atoms with van der Waals surface area (Å²) in [6.07, 6.45) is 5.03. The fourth-order valence-electron chi connectivity index (χ4n) is 4.97. The van der Waals surface area contributed by atoms with Crippen molar-refractivity contribution in [2.45, 2.75) is 50.4 Å². The maximum Gasteiger partial charge on any atom is 0.225 e. The Morgan fingerprint density at radius 3 is 2.42 bits per heavy atom. The number of benzene rings is 2. The number of aliphatic hydroxyl groups is 1. The topological polar surface area (TPSA) is 65.0 Å². The Labute approximate surface area is 196 Å². The van der Waals surface area contributed by atoms with Gasteiger partial charge in [-0.1, -0.05) is 30.3 Å². The number of carbonyl (C=O) groups excluding carboxylic acids is 1. The van der Waals surface area contributed by atoms with Gasteiger partial charge in [-0.05, 0) is 75.0 Å². The van der Waals surface area contributed by atoms with Crippen LogP contribution in [0.2, 0.25) is 0 Å². The number of nitrogens with one attached hydrogen (secondary N) is 1. The van der Waals surface area contributed by atoms with Crippen molar-refractivity contribution in [3.8, 4) is 5.75 Å². The van der Waals surface area contributed by atoms with Crippen molar-refractivity contribution in [3.63, 3.8) is 0 Å². The zero-order chi connectivity index (χ0) is 22.6. The molecule has 6 nitrogen and oxygen atoms in total. The van der Waals surface area contributed by atoms with E-state index in [2.05, 4.69) is 27.2 Å².